The van der Waals surface area contributed by atoms with Gasteiger partial charge in [-0.25, -0.2) is 4.98 Å². The average molecular weight is 353 g/mol. The minimum absolute atomic E-state index is 0.0309. The molecular weight excluding hydrogens is 326 g/mol. The number of aryl methyl sites for hydroxylation is 1. The number of likely N-dealkylation sites (tertiary alicyclic amines) is 2. The average Bonchev–Trinajstić information content (AvgIpc) is 3.09. The largest absolute Gasteiger partial charge is 0.353 e. The van der Waals surface area contributed by atoms with Crippen molar-refractivity contribution in [1.82, 2.24) is 24.3 Å². The first-order valence-corrected chi connectivity index (χ1v) is 9.53. The maximum atomic E-state index is 12.7. The summed E-state index contributed by atoms with van der Waals surface area (Å²) >= 11 is 0. The maximum absolute atomic E-state index is 12.7. The topological polar surface area (TPSA) is 54.3 Å². The van der Waals surface area contributed by atoms with Gasteiger partial charge in [0.1, 0.15) is 5.69 Å². The van der Waals surface area contributed by atoms with Gasteiger partial charge in [-0.3, -0.25) is 14.7 Å². The molecule has 0 N–H and O–H groups in total. The Morgan fingerprint density at radius 3 is 2.73 bits per heavy atom. The highest BCUT2D eigenvalue weighted by Gasteiger charge is 2.40. The lowest BCUT2D eigenvalue weighted by Gasteiger charge is -2.47. The van der Waals surface area contributed by atoms with Crippen molar-refractivity contribution in [2.45, 2.75) is 32.2 Å². The summed E-state index contributed by atoms with van der Waals surface area (Å²) < 4.78 is 2.20. The molecule has 4 rings (SSSR count). The zero-order valence-corrected chi connectivity index (χ0v) is 15.5. The second-order valence-corrected chi connectivity index (χ2v) is 7.81. The van der Waals surface area contributed by atoms with E-state index in [1.165, 1.54) is 25.0 Å². The summed E-state index contributed by atoms with van der Waals surface area (Å²) in [5.74, 6) is 0.0309. The van der Waals surface area contributed by atoms with Crippen LogP contribution in [0.3, 0.4) is 0 Å². The monoisotopic (exact) mass is 353 g/mol. The van der Waals surface area contributed by atoms with Crippen molar-refractivity contribution >= 4 is 5.91 Å². The summed E-state index contributed by atoms with van der Waals surface area (Å²) in [7, 11) is 2.11. The molecule has 0 bridgehead atoms. The van der Waals surface area contributed by atoms with Gasteiger partial charge in [-0.1, -0.05) is 0 Å². The van der Waals surface area contributed by atoms with E-state index in [-0.39, 0.29) is 11.3 Å². The van der Waals surface area contributed by atoms with E-state index in [9.17, 15) is 4.79 Å². The van der Waals surface area contributed by atoms with E-state index in [1.807, 2.05) is 4.90 Å². The first-order valence-electron chi connectivity index (χ1n) is 9.53. The van der Waals surface area contributed by atoms with E-state index < -0.39 is 0 Å². The molecule has 1 spiro atoms. The molecule has 2 aliphatic heterocycles. The molecule has 1 amide bonds. The smallest absolute Gasteiger partial charge is 0.274 e. The van der Waals surface area contributed by atoms with E-state index in [0.717, 1.165) is 39.1 Å². The van der Waals surface area contributed by atoms with Crippen molar-refractivity contribution in [1.29, 1.82) is 0 Å². The number of nitrogens with zero attached hydrogens (tertiary/aromatic N) is 5. The molecule has 2 aromatic heterocycles. The Balaban J connectivity index is 1.37. The van der Waals surface area contributed by atoms with Crippen LogP contribution in [0, 0.1) is 5.41 Å². The highest BCUT2D eigenvalue weighted by molar-refractivity contribution is 5.92. The number of rotatable bonds is 3. The molecule has 138 valence electrons. The van der Waals surface area contributed by atoms with Crippen LogP contribution in [0.1, 0.15) is 41.9 Å². The molecule has 2 fully saturated rings. The first-order chi connectivity index (χ1) is 12.7. The fourth-order valence-electron chi connectivity index (χ4n) is 4.44. The summed E-state index contributed by atoms with van der Waals surface area (Å²) in [6.07, 6.45) is 11.5. The van der Waals surface area contributed by atoms with E-state index in [0.29, 0.717) is 5.69 Å². The quantitative estimate of drug-likeness (QED) is 0.850. The Labute approximate surface area is 154 Å². The zero-order chi connectivity index (χ0) is 18.0. The Morgan fingerprint density at radius 2 is 2.04 bits per heavy atom. The van der Waals surface area contributed by atoms with Crippen LogP contribution in [0.5, 0.6) is 0 Å². The van der Waals surface area contributed by atoms with Crippen molar-refractivity contribution in [2.75, 3.05) is 26.2 Å². The van der Waals surface area contributed by atoms with Crippen LogP contribution in [0.2, 0.25) is 0 Å². The molecule has 2 aliphatic rings. The van der Waals surface area contributed by atoms with Crippen LogP contribution in [-0.2, 0) is 13.6 Å². The summed E-state index contributed by atoms with van der Waals surface area (Å²) in [4.78, 5) is 25.5. The molecule has 0 aromatic carbocycles. The SMILES string of the molecule is Cn1cccc1CN1CCC2(CCCN(C(=O)c3cnccn3)C2)CC1. The van der Waals surface area contributed by atoms with Gasteiger partial charge >= 0.3 is 0 Å². The van der Waals surface area contributed by atoms with Gasteiger partial charge in [-0.05, 0) is 56.3 Å². The lowest BCUT2D eigenvalue weighted by Crippen LogP contribution is -2.51. The van der Waals surface area contributed by atoms with Crippen LogP contribution in [0.25, 0.3) is 0 Å². The standard InChI is InChI=1S/C20H27N5O/c1-23-10-2-4-17(23)15-24-12-6-20(7-13-24)5-3-11-25(16-20)19(26)18-14-21-8-9-22-18/h2,4,8-10,14H,3,5-7,11-13,15-16H2,1H3. The molecule has 0 radical (unpaired) electrons. The van der Waals surface area contributed by atoms with Crippen molar-refractivity contribution in [2.24, 2.45) is 12.5 Å². The molecule has 4 heterocycles. The lowest BCUT2D eigenvalue weighted by molar-refractivity contribution is 0.0190. The second kappa shape index (κ2) is 7.19. The number of piperidine rings is 2. The number of carbonyl (C=O) groups is 1. The van der Waals surface area contributed by atoms with Gasteiger partial charge in [0.25, 0.3) is 5.91 Å². The van der Waals surface area contributed by atoms with Gasteiger partial charge in [-0.15, -0.1) is 0 Å². The number of amides is 1. The normalized spacial score (nSPS) is 20.4. The van der Waals surface area contributed by atoms with Crippen molar-refractivity contribution in [3.8, 4) is 0 Å². The summed E-state index contributed by atoms with van der Waals surface area (Å²) in [5.41, 5.74) is 2.11. The van der Waals surface area contributed by atoms with E-state index in [1.54, 1.807) is 18.6 Å². The van der Waals surface area contributed by atoms with Crippen LogP contribution in [-0.4, -0.2) is 56.4 Å². The molecule has 2 aromatic rings. The predicted octanol–water partition coefficient (Wildman–Crippen LogP) is 2.33. The minimum atomic E-state index is 0.0309. The molecule has 6 nitrogen and oxygen atoms in total. The third-order valence-electron chi connectivity index (χ3n) is 6.08. The predicted molar refractivity (Wildman–Crippen MR) is 99.5 cm³/mol. The molecule has 0 aliphatic carbocycles. The van der Waals surface area contributed by atoms with Gasteiger partial charge in [0, 0.05) is 51.0 Å². The van der Waals surface area contributed by atoms with Crippen LogP contribution in [0.4, 0.5) is 0 Å². The van der Waals surface area contributed by atoms with Crippen LogP contribution in [0.15, 0.2) is 36.9 Å². The molecule has 0 atom stereocenters. The molecule has 0 unspecified atom stereocenters. The van der Waals surface area contributed by atoms with Crippen molar-refractivity contribution in [3.05, 3.63) is 48.3 Å². The second-order valence-electron chi connectivity index (χ2n) is 7.81. The highest BCUT2D eigenvalue weighted by Crippen LogP contribution is 2.40. The molecule has 26 heavy (non-hydrogen) atoms. The fraction of sp³-hybridized carbons (Fsp3) is 0.550. The Hall–Kier alpha value is -2.21. The van der Waals surface area contributed by atoms with Gasteiger partial charge < -0.3 is 9.47 Å². The van der Waals surface area contributed by atoms with Crippen molar-refractivity contribution in [3.63, 3.8) is 0 Å². The lowest BCUT2D eigenvalue weighted by atomic mass is 9.72. The maximum Gasteiger partial charge on any atom is 0.274 e. The number of carbonyl (C=O) groups excluding carboxylic acids is 1. The summed E-state index contributed by atoms with van der Waals surface area (Å²) in [6, 6.07) is 4.31. The van der Waals surface area contributed by atoms with Gasteiger partial charge in [-0.2, -0.15) is 0 Å². The van der Waals surface area contributed by atoms with E-state index in [4.69, 9.17) is 0 Å². The fourth-order valence-corrected chi connectivity index (χ4v) is 4.44. The molecule has 6 heteroatoms. The first kappa shape index (κ1) is 17.2. The number of hydrogen-bond donors (Lipinski definition) is 0. The summed E-state index contributed by atoms with van der Waals surface area (Å²) in [5, 5.41) is 0. The highest BCUT2D eigenvalue weighted by atomic mass is 16.2. The van der Waals surface area contributed by atoms with Crippen LogP contribution >= 0.6 is 0 Å². The van der Waals surface area contributed by atoms with E-state index >= 15 is 0 Å². The number of hydrogen-bond acceptors (Lipinski definition) is 4. The Bertz CT molecular complexity index is 749. The summed E-state index contributed by atoms with van der Waals surface area (Å²) in [6.45, 7) is 4.93. The van der Waals surface area contributed by atoms with Crippen molar-refractivity contribution < 1.29 is 4.79 Å². The Kier molecular flexibility index (Phi) is 4.76. The molecule has 0 saturated carbocycles. The van der Waals surface area contributed by atoms with Crippen LogP contribution < -0.4 is 0 Å². The Morgan fingerprint density at radius 1 is 1.19 bits per heavy atom. The molecular formula is C20H27N5O. The van der Waals surface area contributed by atoms with Gasteiger partial charge in [0.2, 0.25) is 0 Å². The van der Waals surface area contributed by atoms with Gasteiger partial charge in [0.15, 0.2) is 0 Å². The van der Waals surface area contributed by atoms with E-state index in [2.05, 4.69) is 44.8 Å². The number of aromatic nitrogens is 3. The minimum Gasteiger partial charge on any atom is -0.353 e. The zero-order valence-electron chi connectivity index (χ0n) is 15.5. The third kappa shape index (κ3) is 3.51. The third-order valence-corrected chi connectivity index (χ3v) is 6.08. The molecule has 2 saturated heterocycles. The van der Waals surface area contributed by atoms with Gasteiger partial charge in [0.05, 0.1) is 6.20 Å².